The summed E-state index contributed by atoms with van der Waals surface area (Å²) >= 11 is 0.777. The van der Waals surface area contributed by atoms with Crippen LogP contribution in [0.25, 0.3) is 0 Å². The molecule has 0 aliphatic carbocycles. The molecule has 0 bridgehead atoms. The van der Waals surface area contributed by atoms with E-state index >= 15 is 0 Å². The quantitative estimate of drug-likeness (QED) is 0.331. The molecule has 0 spiro atoms. The summed E-state index contributed by atoms with van der Waals surface area (Å²) in [6.45, 7) is 0.946. The number of carbonyl (C=O) groups excluding carboxylic acids is 1. The van der Waals surface area contributed by atoms with E-state index in [0.717, 1.165) is 29.5 Å². The zero-order valence-electron chi connectivity index (χ0n) is 15.9. The third-order valence-corrected chi connectivity index (χ3v) is 6.20. The second-order valence-electron chi connectivity index (χ2n) is 6.24. The van der Waals surface area contributed by atoms with Crippen LogP contribution in [0.4, 0.5) is 15.1 Å². The second-order valence-corrected chi connectivity index (χ2v) is 8.78. The molecule has 0 saturated carbocycles. The molecule has 0 fully saturated rings. The molecule has 2 heterocycles. The highest BCUT2D eigenvalue weighted by Crippen LogP contribution is 2.25. The van der Waals surface area contributed by atoms with Crippen molar-refractivity contribution in [1.82, 2.24) is 9.55 Å². The third kappa shape index (κ3) is 5.42. The highest BCUT2D eigenvalue weighted by molar-refractivity contribution is 7.93. The van der Waals surface area contributed by atoms with E-state index in [0.29, 0.717) is 13.1 Å². The van der Waals surface area contributed by atoms with Gasteiger partial charge >= 0.3 is 5.97 Å². The fourth-order valence-corrected chi connectivity index (χ4v) is 4.59. The standard InChI is InChI=1S/C17H17FN6O5S2/c18-12-7-11(31(28,29)22-16-15(17(26)27)20-9-30-16)1-2-13(12)21-14(25)8-24-6-5-23(10-24)4-3-19/h1-2,5-7,9-10,22H,3-4,8,19H2,(H-,21,25,26,27)/p+1. The zero-order valence-corrected chi connectivity index (χ0v) is 17.5. The van der Waals surface area contributed by atoms with E-state index < -0.39 is 38.3 Å². The van der Waals surface area contributed by atoms with Crippen molar-refractivity contribution >= 4 is 43.9 Å². The topological polar surface area (TPSA) is 160 Å². The molecule has 0 aliphatic rings. The maximum atomic E-state index is 14.4. The number of aromatic nitrogens is 3. The van der Waals surface area contributed by atoms with Gasteiger partial charge in [0.25, 0.3) is 15.9 Å². The highest BCUT2D eigenvalue weighted by Gasteiger charge is 2.22. The lowest BCUT2D eigenvalue weighted by Gasteiger charge is -2.09. The lowest BCUT2D eigenvalue weighted by molar-refractivity contribution is -0.683. The van der Waals surface area contributed by atoms with Crippen LogP contribution in [0.2, 0.25) is 0 Å². The van der Waals surface area contributed by atoms with Crippen molar-refractivity contribution in [2.75, 3.05) is 16.6 Å². The fourth-order valence-electron chi connectivity index (χ4n) is 2.59. The van der Waals surface area contributed by atoms with Gasteiger partial charge in [0.15, 0.2) is 12.2 Å². The summed E-state index contributed by atoms with van der Waals surface area (Å²) < 4.78 is 44.8. The van der Waals surface area contributed by atoms with E-state index in [2.05, 4.69) is 15.0 Å². The average Bonchev–Trinajstić information content (AvgIpc) is 3.32. The molecule has 5 N–H and O–H groups in total. The molecule has 0 radical (unpaired) electrons. The number of amides is 1. The molecule has 164 valence electrons. The Balaban J connectivity index is 1.70. The number of nitrogens with two attached hydrogens (primary N) is 1. The number of nitrogens with one attached hydrogen (secondary N) is 2. The predicted octanol–water partition coefficient (Wildman–Crippen LogP) is 0.468. The number of aromatic carboxylic acids is 1. The summed E-state index contributed by atoms with van der Waals surface area (Å²) in [6, 6.07) is 2.93. The van der Waals surface area contributed by atoms with Crippen molar-refractivity contribution in [3.05, 3.63) is 53.9 Å². The molecule has 31 heavy (non-hydrogen) atoms. The number of hydrogen-bond acceptors (Lipinski definition) is 7. The van der Waals surface area contributed by atoms with Crippen LogP contribution in [0.1, 0.15) is 10.5 Å². The summed E-state index contributed by atoms with van der Waals surface area (Å²) in [5.41, 5.74) is 5.97. The van der Waals surface area contributed by atoms with Gasteiger partial charge in [-0.05, 0) is 18.2 Å². The Labute approximate surface area is 180 Å². The molecular weight excluding hydrogens is 451 g/mol. The van der Waals surface area contributed by atoms with Crippen molar-refractivity contribution in [3.8, 4) is 0 Å². The average molecular weight is 470 g/mol. The lowest BCUT2D eigenvalue weighted by Crippen LogP contribution is -2.38. The van der Waals surface area contributed by atoms with Gasteiger partial charge in [-0.2, -0.15) is 0 Å². The van der Waals surface area contributed by atoms with Gasteiger partial charge in [0.05, 0.1) is 16.1 Å². The molecule has 1 aromatic carbocycles. The molecule has 3 aromatic rings. The number of imidazole rings is 1. The van der Waals surface area contributed by atoms with Crippen LogP contribution < -0.4 is 20.3 Å². The number of sulfonamides is 1. The monoisotopic (exact) mass is 469 g/mol. The number of carboxylic acids is 1. The summed E-state index contributed by atoms with van der Waals surface area (Å²) in [4.78, 5) is 26.4. The van der Waals surface area contributed by atoms with Crippen molar-refractivity contribution in [1.29, 1.82) is 0 Å². The van der Waals surface area contributed by atoms with Crippen molar-refractivity contribution < 1.29 is 32.1 Å². The molecule has 1 amide bonds. The van der Waals surface area contributed by atoms with Gasteiger partial charge in [-0.15, -0.1) is 11.3 Å². The minimum absolute atomic E-state index is 0.0814. The van der Waals surface area contributed by atoms with Crippen LogP contribution in [0.5, 0.6) is 0 Å². The van der Waals surface area contributed by atoms with E-state index in [1.807, 2.05) is 0 Å². The van der Waals surface area contributed by atoms with Crippen LogP contribution in [-0.2, 0) is 27.9 Å². The normalized spacial score (nSPS) is 11.3. The minimum Gasteiger partial charge on any atom is -0.476 e. The number of carbonyl (C=O) groups is 2. The zero-order chi connectivity index (χ0) is 22.6. The first kappa shape index (κ1) is 22.3. The fraction of sp³-hybridized carbons (Fsp3) is 0.176. The summed E-state index contributed by atoms with van der Waals surface area (Å²) in [6.07, 6.45) is 5.08. The molecule has 2 aromatic heterocycles. The highest BCUT2D eigenvalue weighted by atomic mass is 32.2. The first-order valence-corrected chi connectivity index (χ1v) is 11.1. The Hall–Kier alpha value is -3.36. The van der Waals surface area contributed by atoms with Crippen LogP contribution >= 0.6 is 11.3 Å². The largest absolute Gasteiger partial charge is 0.476 e. The molecule has 0 unspecified atom stereocenters. The van der Waals surface area contributed by atoms with Crippen molar-refractivity contribution in [2.45, 2.75) is 18.0 Å². The smallest absolute Gasteiger partial charge is 0.357 e. The predicted molar refractivity (Wildman–Crippen MR) is 109 cm³/mol. The first-order valence-electron chi connectivity index (χ1n) is 8.73. The van der Waals surface area contributed by atoms with E-state index in [-0.39, 0.29) is 17.2 Å². The molecule has 0 atom stereocenters. The molecule has 0 aliphatic heterocycles. The summed E-state index contributed by atoms with van der Waals surface area (Å²) in [5, 5.41) is 11.2. The Bertz CT molecular complexity index is 1220. The van der Waals surface area contributed by atoms with Gasteiger partial charge < -0.3 is 16.2 Å². The van der Waals surface area contributed by atoms with Gasteiger partial charge in [0.2, 0.25) is 6.33 Å². The number of rotatable bonds is 9. The minimum atomic E-state index is -4.27. The number of benzene rings is 1. The van der Waals surface area contributed by atoms with Gasteiger partial charge in [-0.3, -0.25) is 9.52 Å². The Kier molecular flexibility index (Phi) is 6.62. The van der Waals surface area contributed by atoms with Crippen LogP contribution in [0.15, 0.2) is 47.3 Å². The first-order chi connectivity index (χ1) is 14.7. The van der Waals surface area contributed by atoms with Gasteiger partial charge in [-0.25, -0.2) is 31.7 Å². The van der Waals surface area contributed by atoms with Gasteiger partial charge in [0.1, 0.15) is 29.8 Å². The van der Waals surface area contributed by atoms with E-state index in [9.17, 15) is 22.4 Å². The van der Waals surface area contributed by atoms with Crippen LogP contribution in [0, 0.1) is 5.82 Å². The third-order valence-electron chi connectivity index (χ3n) is 3.98. The lowest BCUT2D eigenvalue weighted by atomic mass is 10.3. The number of halogens is 1. The van der Waals surface area contributed by atoms with E-state index in [4.69, 9.17) is 10.8 Å². The van der Waals surface area contributed by atoms with E-state index in [1.54, 1.807) is 27.9 Å². The number of carboxylic acid groups (broad SMARTS) is 1. The Morgan fingerprint density at radius 2 is 2.13 bits per heavy atom. The van der Waals surface area contributed by atoms with Gasteiger partial charge in [-0.1, -0.05) is 0 Å². The maximum absolute atomic E-state index is 14.4. The maximum Gasteiger partial charge on any atom is 0.357 e. The van der Waals surface area contributed by atoms with Crippen molar-refractivity contribution in [2.24, 2.45) is 5.73 Å². The molecule has 11 nitrogen and oxygen atoms in total. The Morgan fingerprint density at radius 1 is 1.35 bits per heavy atom. The molecule has 3 rings (SSSR count). The molecule has 0 saturated heterocycles. The van der Waals surface area contributed by atoms with Gasteiger partial charge in [0, 0.05) is 6.54 Å². The van der Waals surface area contributed by atoms with Crippen LogP contribution in [-0.4, -0.2) is 41.5 Å². The van der Waals surface area contributed by atoms with Crippen LogP contribution in [0.3, 0.4) is 0 Å². The Morgan fingerprint density at radius 3 is 2.81 bits per heavy atom. The number of hydrogen-bond donors (Lipinski definition) is 4. The molecular formula is C17H18FN6O5S2+. The number of thiazole rings is 1. The summed E-state index contributed by atoms with van der Waals surface area (Å²) in [5.74, 6) is -2.89. The second kappa shape index (κ2) is 9.20. The van der Waals surface area contributed by atoms with Crippen molar-refractivity contribution in [3.63, 3.8) is 0 Å². The number of nitrogens with zero attached hydrogens (tertiary/aromatic N) is 3. The summed E-state index contributed by atoms with van der Waals surface area (Å²) in [7, 11) is -4.27. The number of anilines is 2. The van der Waals surface area contributed by atoms with E-state index in [1.165, 1.54) is 5.51 Å². The molecule has 14 heteroatoms. The SMILES string of the molecule is NCCn1cc[n+](CC(=O)Nc2ccc(S(=O)(=O)Nc3scnc3C(=O)O)cc2F)c1.